The Morgan fingerprint density at radius 3 is 2.46 bits per heavy atom. The molecule has 0 bridgehead atoms. The molecule has 0 unspecified atom stereocenters. The average molecular weight is 347 g/mol. The molecule has 3 aromatic carbocycles. The fourth-order valence-electron chi connectivity index (χ4n) is 2.58. The molecule has 0 saturated heterocycles. The number of hydrogen-bond donors (Lipinski definition) is 1. The van der Waals surface area contributed by atoms with E-state index in [9.17, 15) is 4.79 Å². The van der Waals surface area contributed by atoms with Crippen LogP contribution in [0.3, 0.4) is 0 Å². The summed E-state index contributed by atoms with van der Waals surface area (Å²) in [6, 6.07) is 22.5. The van der Waals surface area contributed by atoms with E-state index in [1.165, 1.54) is 0 Å². The van der Waals surface area contributed by atoms with Gasteiger partial charge in [-0.15, -0.1) is 0 Å². The molecule has 3 rings (SSSR count). The van der Waals surface area contributed by atoms with Crippen LogP contribution in [0.4, 0.5) is 5.69 Å². The highest BCUT2D eigenvalue weighted by atomic mass is 16.5. The number of para-hydroxylation sites is 2. The maximum atomic E-state index is 12.5. The zero-order valence-electron chi connectivity index (χ0n) is 14.9. The number of carbonyl (C=O) groups is 1. The van der Waals surface area contributed by atoms with Crippen molar-refractivity contribution in [2.75, 3.05) is 12.4 Å². The number of methoxy groups -OCH3 is 1. The minimum absolute atomic E-state index is 0.186. The van der Waals surface area contributed by atoms with Crippen LogP contribution in [0.5, 0.6) is 11.5 Å². The van der Waals surface area contributed by atoms with E-state index in [4.69, 9.17) is 9.47 Å². The summed E-state index contributed by atoms with van der Waals surface area (Å²) in [5.74, 6) is 1.15. The molecule has 0 aliphatic carbocycles. The van der Waals surface area contributed by atoms with Crippen LogP contribution in [0.1, 0.15) is 21.5 Å². The molecule has 0 aromatic heterocycles. The van der Waals surface area contributed by atoms with Crippen molar-refractivity contribution in [1.82, 2.24) is 0 Å². The molecule has 0 aliphatic rings. The van der Waals surface area contributed by atoms with Crippen LogP contribution in [0.15, 0.2) is 72.8 Å². The van der Waals surface area contributed by atoms with Crippen LogP contribution in [-0.2, 0) is 11.3 Å². The summed E-state index contributed by atoms with van der Waals surface area (Å²) in [7, 11) is 1.64. The third-order valence-electron chi connectivity index (χ3n) is 3.88. The lowest BCUT2D eigenvalue weighted by molar-refractivity contribution is 0.102. The number of rotatable bonds is 6. The van der Waals surface area contributed by atoms with Gasteiger partial charge >= 0.3 is 0 Å². The molecule has 4 nitrogen and oxygen atoms in total. The standard InChI is InChI=1S/C22H21NO3/c1-16-6-5-7-19(14-16)26-21-9-4-3-8-20(21)23-22(24)18-12-10-17(11-13-18)15-25-2/h3-14H,15H2,1-2H3,(H,23,24). The van der Waals surface area contributed by atoms with Gasteiger partial charge in [0.15, 0.2) is 5.75 Å². The van der Waals surface area contributed by atoms with Crippen LogP contribution in [0.25, 0.3) is 0 Å². The van der Waals surface area contributed by atoms with Crippen molar-refractivity contribution in [1.29, 1.82) is 0 Å². The van der Waals surface area contributed by atoms with Crippen LogP contribution < -0.4 is 10.1 Å². The first-order valence-corrected chi connectivity index (χ1v) is 8.38. The fourth-order valence-corrected chi connectivity index (χ4v) is 2.58. The third kappa shape index (κ3) is 4.49. The predicted octanol–water partition coefficient (Wildman–Crippen LogP) is 5.19. The Bertz CT molecular complexity index is 888. The molecule has 132 valence electrons. The summed E-state index contributed by atoms with van der Waals surface area (Å²) in [5.41, 5.74) is 3.34. The SMILES string of the molecule is COCc1ccc(C(=O)Nc2ccccc2Oc2cccc(C)c2)cc1. The molecule has 0 radical (unpaired) electrons. The first-order valence-electron chi connectivity index (χ1n) is 8.38. The van der Waals surface area contributed by atoms with Gasteiger partial charge in [-0.3, -0.25) is 4.79 Å². The molecule has 0 heterocycles. The first-order chi connectivity index (χ1) is 12.7. The van der Waals surface area contributed by atoms with Gasteiger partial charge in [0, 0.05) is 12.7 Å². The van der Waals surface area contributed by atoms with Crippen molar-refractivity contribution in [2.45, 2.75) is 13.5 Å². The van der Waals surface area contributed by atoms with E-state index in [1.807, 2.05) is 67.6 Å². The second kappa shape index (κ2) is 8.32. The molecule has 0 spiro atoms. The van der Waals surface area contributed by atoms with E-state index in [0.717, 1.165) is 16.9 Å². The molecule has 0 saturated carbocycles. The highest BCUT2D eigenvalue weighted by Crippen LogP contribution is 2.30. The van der Waals surface area contributed by atoms with E-state index in [2.05, 4.69) is 5.32 Å². The third-order valence-corrected chi connectivity index (χ3v) is 3.88. The minimum atomic E-state index is -0.186. The zero-order chi connectivity index (χ0) is 18.4. The smallest absolute Gasteiger partial charge is 0.255 e. The van der Waals surface area contributed by atoms with Gasteiger partial charge in [0.1, 0.15) is 5.75 Å². The molecular weight excluding hydrogens is 326 g/mol. The summed E-state index contributed by atoms with van der Waals surface area (Å²) < 4.78 is 11.0. The lowest BCUT2D eigenvalue weighted by atomic mass is 10.1. The number of nitrogens with one attached hydrogen (secondary N) is 1. The molecule has 26 heavy (non-hydrogen) atoms. The molecule has 1 amide bonds. The topological polar surface area (TPSA) is 47.6 Å². The van der Waals surface area contributed by atoms with E-state index in [0.29, 0.717) is 23.6 Å². The minimum Gasteiger partial charge on any atom is -0.455 e. The number of ether oxygens (including phenoxy) is 2. The molecule has 4 heteroatoms. The van der Waals surface area contributed by atoms with E-state index >= 15 is 0 Å². The van der Waals surface area contributed by atoms with Crippen molar-refractivity contribution in [2.24, 2.45) is 0 Å². The maximum absolute atomic E-state index is 12.5. The van der Waals surface area contributed by atoms with Crippen molar-refractivity contribution >= 4 is 11.6 Å². The Labute approximate surface area is 153 Å². The summed E-state index contributed by atoms with van der Waals surface area (Å²) in [5, 5.41) is 2.92. The van der Waals surface area contributed by atoms with E-state index in [-0.39, 0.29) is 5.91 Å². The van der Waals surface area contributed by atoms with Gasteiger partial charge < -0.3 is 14.8 Å². The van der Waals surface area contributed by atoms with E-state index in [1.54, 1.807) is 19.2 Å². The molecule has 0 fully saturated rings. The van der Waals surface area contributed by atoms with Gasteiger partial charge in [0.2, 0.25) is 0 Å². The van der Waals surface area contributed by atoms with Crippen LogP contribution in [0.2, 0.25) is 0 Å². The number of hydrogen-bond acceptors (Lipinski definition) is 3. The Morgan fingerprint density at radius 1 is 0.962 bits per heavy atom. The average Bonchev–Trinajstić information content (AvgIpc) is 2.64. The summed E-state index contributed by atoms with van der Waals surface area (Å²) in [6.45, 7) is 2.53. The largest absolute Gasteiger partial charge is 0.455 e. The highest BCUT2D eigenvalue weighted by Gasteiger charge is 2.10. The summed E-state index contributed by atoms with van der Waals surface area (Å²) in [6.07, 6.45) is 0. The van der Waals surface area contributed by atoms with Gasteiger partial charge in [0.25, 0.3) is 5.91 Å². The van der Waals surface area contributed by atoms with Crippen molar-refractivity contribution in [3.63, 3.8) is 0 Å². The number of aryl methyl sites for hydroxylation is 1. The Balaban J connectivity index is 1.76. The summed E-state index contributed by atoms with van der Waals surface area (Å²) >= 11 is 0. The van der Waals surface area contributed by atoms with Gasteiger partial charge in [0.05, 0.1) is 12.3 Å². The monoisotopic (exact) mass is 347 g/mol. The fraction of sp³-hybridized carbons (Fsp3) is 0.136. The molecule has 0 aliphatic heterocycles. The van der Waals surface area contributed by atoms with Gasteiger partial charge in [-0.1, -0.05) is 36.4 Å². The lowest BCUT2D eigenvalue weighted by Gasteiger charge is -2.13. The van der Waals surface area contributed by atoms with Crippen LogP contribution in [0, 0.1) is 6.92 Å². The second-order valence-corrected chi connectivity index (χ2v) is 6.00. The van der Waals surface area contributed by atoms with Gasteiger partial charge in [-0.25, -0.2) is 0 Å². The van der Waals surface area contributed by atoms with Gasteiger partial charge in [-0.05, 0) is 54.4 Å². The first kappa shape index (κ1) is 17.7. The number of carbonyl (C=O) groups excluding carboxylic acids is 1. The predicted molar refractivity (Wildman–Crippen MR) is 103 cm³/mol. The number of amides is 1. The normalized spacial score (nSPS) is 10.4. The van der Waals surface area contributed by atoms with Gasteiger partial charge in [-0.2, -0.15) is 0 Å². The van der Waals surface area contributed by atoms with Crippen LogP contribution >= 0.6 is 0 Å². The number of anilines is 1. The van der Waals surface area contributed by atoms with Crippen molar-refractivity contribution in [3.8, 4) is 11.5 Å². The molecule has 1 N–H and O–H groups in total. The molecular formula is C22H21NO3. The number of benzene rings is 3. The Hall–Kier alpha value is -3.11. The lowest BCUT2D eigenvalue weighted by Crippen LogP contribution is -2.12. The Morgan fingerprint density at radius 2 is 1.73 bits per heavy atom. The molecule has 3 aromatic rings. The van der Waals surface area contributed by atoms with Crippen LogP contribution in [-0.4, -0.2) is 13.0 Å². The van der Waals surface area contributed by atoms with E-state index < -0.39 is 0 Å². The quantitative estimate of drug-likeness (QED) is 0.668. The maximum Gasteiger partial charge on any atom is 0.255 e. The van der Waals surface area contributed by atoms with Crippen molar-refractivity contribution < 1.29 is 14.3 Å². The van der Waals surface area contributed by atoms with Crippen molar-refractivity contribution in [3.05, 3.63) is 89.5 Å². The zero-order valence-corrected chi connectivity index (χ0v) is 14.9. The highest BCUT2D eigenvalue weighted by molar-refractivity contribution is 6.05. The Kier molecular flexibility index (Phi) is 5.66. The summed E-state index contributed by atoms with van der Waals surface area (Å²) in [4.78, 5) is 12.5. The second-order valence-electron chi connectivity index (χ2n) is 6.00. The molecule has 0 atom stereocenters.